The van der Waals surface area contributed by atoms with E-state index in [4.69, 9.17) is 50.5 Å². The van der Waals surface area contributed by atoms with Crippen molar-refractivity contribution in [2.75, 3.05) is 0 Å². The molecule has 12 N–H and O–H groups in total. The number of rotatable bonds is 0. The summed E-state index contributed by atoms with van der Waals surface area (Å²) in [5.74, 6) is 0. The van der Waals surface area contributed by atoms with Crippen molar-refractivity contribution < 1.29 is 73.8 Å². The van der Waals surface area contributed by atoms with Crippen molar-refractivity contribution in [2.24, 2.45) is 30.8 Å². The molecule has 18 nitrogen and oxygen atoms in total. The van der Waals surface area contributed by atoms with Gasteiger partial charge in [-0.2, -0.15) is 50.5 Å². The molecule has 31 heavy (non-hydrogen) atoms. The Labute approximate surface area is 185 Å². The fourth-order valence-corrected chi connectivity index (χ4v) is 0. The molecule has 0 aromatic rings. The molecule has 0 saturated carbocycles. The van der Waals surface area contributed by atoms with Crippen molar-refractivity contribution in [3.63, 3.8) is 0 Å². The molecule has 0 bridgehead atoms. The summed E-state index contributed by atoms with van der Waals surface area (Å²) in [6.45, 7) is 0. The van der Waals surface area contributed by atoms with Crippen LogP contribution in [0, 0.1) is 0 Å². The predicted octanol–water partition coefficient (Wildman–Crippen LogP) is -5.69. The molecule has 31 heteroatoms. The Morgan fingerprint density at radius 1 is 0.290 bits per heavy atom. The van der Waals surface area contributed by atoms with Gasteiger partial charge >= 0.3 is 81.3 Å². The molecular weight excluding hydrogens is 589 g/mol. The minimum absolute atomic E-state index is 0. The van der Waals surface area contributed by atoms with Crippen LogP contribution in [0.4, 0.5) is 23.3 Å². The molecule has 0 aliphatic rings. The molecule has 0 rings (SSSR count). The monoisotopic (exact) mass is 602 g/mol. The van der Waals surface area contributed by atoms with Gasteiger partial charge in [0.25, 0.3) is 0 Å². The summed E-state index contributed by atoms with van der Waals surface area (Å²) in [4.78, 5) is 0. The van der Waals surface area contributed by atoms with Gasteiger partial charge in [0.15, 0.2) is 0 Å². The summed E-state index contributed by atoms with van der Waals surface area (Å²) < 4.78 is 168. The Balaban J connectivity index is -0.0000000443. The minimum atomic E-state index is -4.67. The Morgan fingerprint density at radius 3 is 0.290 bits per heavy atom. The Bertz CT molecular complexity index is 796. The average molecular weight is 602 g/mol. The van der Waals surface area contributed by atoms with Crippen LogP contribution in [0.5, 0.6) is 0 Å². The van der Waals surface area contributed by atoms with Crippen LogP contribution in [-0.4, -0.2) is 69.4 Å². The van der Waals surface area contributed by atoms with E-state index in [0.29, 0.717) is 0 Å². The van der Waals surface area contributed by atoms with E-state index in [-0.39, 0.29) is 18.9 Å². The van der Waals surface area contributed by atoms with Gasteiger partial charge in [0.1, 0.15) is 0 Å². The van der Waals surface area contributed by atoms with Crippen LogP contribution in [0.2, 0.25) is 0 Å². The molecule has 0 aromatic carbocycles. The van der Waals surface area contributed by atoms with Gasteiger partial charge in [0.05, 0.1) is 0 Å². The molecule has 0 radical (unpaired) electrons. The zero-order valence-electron chi connectivity index (χ0n) is 13.1. The number of hydrogen-bond acceptors (Lipinski definition) is 12. The first-order valence-electron chi connectivity index (χ1n) is 4.34. The van der Waals surface area contributed by atoms with Gasteiger partial charge in [-0.05, 0) is 0 Å². The molecule has 0 unspecified atom stereocenters. The van der Waals surface area contributed by atoms with Crippen molar-refractivity contribution in [1.29, 1.82) is 0 Å². The third-order valence-corrected chi connectivity index (χ3v) is 0. The van der Waals surface area contributed by atoms with Crippen LogP contribution < -0.4 is 30.8 Å². The molecular formula is H13F6LiN6O12S6. The van der Waals surface area contributed by atoms with Gasteiger partial charge in [-0.1, -0.05) is 23.3 Å². The topological polar surface area (TPSA) is 361 Å². The second kappa shape index (κ2) is 19.1. The zero-order valence-corrected chi connectivity index (χ0v) is 18.0. The maximum absolute atomic E-state index is 10.4. The van der Waals surface area contributed by atoms with Gasteiger partial charge in [-0.3, -0.25) is 0 Å². The number of hydrogen-bond donors (Lipinski definition) is 6. The van der Waals surface area contributed by atoms with E-state index in [1.54, 1.807) is 0 Å². The quantitative estimate of drug-likeness (QED) is 0.0858. The van der Waals surface area contributed by atoms with Gasteiger partial charge in [0, 0.05) is 0 Å². The van der Waals surface area contributed by atoms with Crippen molar-refractivity contribution in [1.82, 2.24) is 0 Å². The van der Waals surface area contributed by atoms with Gasteiger partial charge in [-0.25, -0.2) is 30.8 Å². The van der Waals surface area contributed by atoms with E-state index in [1.165, 1.54) is 0 Å². The second-order valence-electron chi connectivity index (χ2n) is 2.85. The summed E-state index contributed by atoms with van der Waals surface area (Å²) in [5, 5.41) is 22.0. The van der Waals surface area contributed by atoms with E-state index >= 15 is 0 Å². The second-order valence-corrected chi connectivity index (χ2v) is 8.56. The standard InChI is InChI=1S/6FH2NO2S.Li.H/c6*1-5(2,3)4;;/h6*(H2,2,3,4);;. The molecule has 0 spiro atoms. The number of nitrogens with two attached hydrogens (primary N) is 6. The van der Waals surface area contributed by atoms with Crippen LogP contribution in [0.25, 0.3) is 0 Å². The first kappa shape index (κ1) is 48.2. The van der Waals surface area contributed by atoms with Crippen LogP contribution >= 0.6 is 0 Å². The van der Waals surface area contributed by atoms with Crippen molar-refractivity contribution >= 4 is 81.3 Å². The zero-order chi connectivity index (χ0) is 27.0. The third-order valence-electron chi connectivity index (χ3n) is 0. The van der Waals surface area contributed by atoms with Crippen LogP contribution in [-0.2, 0) is 62.5 Å². The number of halogens is 6. The van der Waals surface area contributed by atoms with Crippen molar-refractivity contribution in [3.05, 3.63) is 0 Å². The first-order valence-corrected chi connectivity index (χ1v) is 13.0. The third kappa shape index (κ3) is 172000. The van der Waals surface area contributed by atoms with Crippen molar-refractivity contribution in [2.45, 2.75) is 0 Å². The van der Waals surface area contributed by atoms with Crippen LogP contribution in [0.3, 0.4) is 0 Å². The van der Waals surface area contributed by atoms with Crippen LogP contribution in [0.1, 0.15) is 0 Å². The molecule has 0 aliphatic carbocycles. The molecule has 194 valence electrons. The SMILES string of the molecule is NS(=O)(=O)F.NS(=O)(=O)F.NS(=O)(=O)F.NS(=O)(=O)F.NS(=O)(=O)F.NS(=O)(=O)F.[LiH]. The fraction of sp³-hybridized carbons (Fsp3) is 0. The Kier molecular flexibility index (Phi) is 29.7. The average Bonchev–Trinajstić information content (AvgIpc) is 1.94. The Hall–Kier alpha value is -0.363. The van der Waals surface area contributed by atoms with Gasteiger partial charge in [-0.15, -0.1) is 0 Å². The van der Waals surface area contributed by atoms with E-state index in [1.807, 2.05) is 0 Å². The van der Waals surface area contributed by atoms with Crippen LogP contribution in [0.15, 0.2) is 0 Å². The van der Waals surface area contributed by atoms with E-state index in [0.717, 1.165) is 0 Å². The summed E-state index contributed by atoms with van der Waals surface area (Å²) in [5.41, 5.74) is 0. The summed E-state index contributed by atoms with van der Waals surface area (Å²) in [7, 11) is -28.0. The normalized spacial score (nSPS) is 11.2. The van der Waals surface area contributed by atoms with E-state index in [9.17, 15) is 23.3 Å². The Morgan fingerprint density at radius 2 is 0.290 bits per heavy atom. The summed E-state index contributed by atoms with van der Waals surface area (Å²) in [6.07, 6.45) is 0. The predicted molar refractivity (Wildman–Crippen MR) is 92.4 cm³/mol. The molecule has 0 heterocycles. The first-order chi connectivity index (χ1) is 12.0. The molecule has 0 fully saturated rings. The fourth-order valence-electron chi connectivity index (χ4n) is 0. The molecule has 0 atom stereocenters. The van der Waals surface area contributed by atoms with Crippen molar-refractivity contribution in [3.8, 4) is 0 Å². The van der Waals surface area contributed by atoms with Gasteiger partial charge in [0.2, 0.25) is 0 Å². The van der Waals surface area contributed by atoms with E-state index in [2.05, 4.69) is 30.8 Å². The molecule has 0 aliphatic heterocycles. The molecule has 0 saturated heterocycles. The molecule has 0 aromatic heterocycles. The van der Waals surface area contributed by atoms with Gasteiger partial charge < -0.3 is 0 Å². The summed E-state index contributed by atoms with van der Waals surface area (Å²) in [6, 6.07) is 0. The van der Waals surface area contributed by atoms with E-state index < -0.39 is 62.5 Å². The molecule has 0 amide bonds. The maximum atomic E-state index is 10.4. The summed E-state index contributed by atoms with van der Waals surface area (Å²) >= 11 is 0.